The molecule has 0 bridgehead atoms. The summed E-state index contributed by atoms with van der Waals surface area (Å²) in [6, 6.07) is 5.04. The van der Waals surface area contributed by atoms with E-state index in [0.29, 0.717) is 5.69 Å². The molecule has 1 aromatic rings. The van der Waals surface area contributed by atoms with Crippen molar-refractivity contribution in [2.24, 2.45) is 5.92 Å². The molecule has 1 saturated carbocycles. The Kier molecular flexibility index (Phi) is 3.28. The van der Waals surface area contributed by atoms with E-state index in [9.17, 15) is 17.6 Å². The summed E-state index contributed by atoms with van der Waals surface area (Å²) in [5.41, 5.74) is 0.692. The quantitative estimate of drug-likeness (QED) is 0.768. The minimum atomic E-state index is -4.29. The van der Waals surface area contributed by atoms with Gasteiger partial charge in [-0.05, 0) is 24.6 Å². The van der Waals surface area contributed by atoms with Gasteiger partial charge < -0.3 is 4.90 Å². The second kappa shape index (κ2) is 4.77. The van der Waals surface area contributed by atoms with Crippen molar-refractivity contribution in [2.45, 2.75) is 37.3 Å². The largest absolute Gasteiger partial charge is 0.391 e. The molecule has 112 valence electrons. The monoisotopic (exact) mass is 318 g/mol. The summed E-state index contributed by atoms with van der Waals surface area (Å²) in [6.07, 6.45) is -6.14. The van der Waals surface area contributed by atoms with Gasteiger partial charge in [-0.3, -0.25) is 0 Å². The van der Waals surface area contributed by atoms with Crippen molar-refractivity contribution in [3.8, 4) is 6.07 Å². The SMILES string of the molecule is N#Cc1ccc(N2[C@@H](CC(F)(F)F)C[C@H]3C(F)[C@H]32)cc1Cl. The van der Waals surface area contributed by atoms with Crippen LogP contribution in [0.4, 0.5) is 23.2 Å². The number of nitrogens with zero attached hydrogens (tertiary/aromatic N) is 2. The summed E-state index contributed by atoms with van der Waals surface area (Å²) in [7, 11) is 0. The van der Waals surface area contributed by atoms with Gasteiger partial charge in [-0.15, -0.1) is 0 Å². The van der Waals surface area contributed by atoms with Crippen molar-refractivity contribution < 1.29 is 17.6 Å². The van der Waals surface area contributed by atoms with Crippen molar-refractivity contribution in [3.05, 3.63) is 28.8 Å². The minimum absolute atomic E-state index is 0.167. The van der Waals surface area contributed by atoms with Crippen LogP contribution in [0.5, 0.6) is 0 Å². The Morgan fingerprint density at radius 2 is 2.10 bits per heavy atom. The molecule has 1 saturated heterocycles. The van der Waals surface area contributed by atoms with E-state index in [1.54, 1.807) is 0 Å². The molecule has 0 aromatic heterocycles. The van der Waals surface area contributed by atoms with Gasteiger partial charge in [0.15, 0.2) is 0 Å². The molecule has 2 nitrogen and oxygen atoms in total. The maximum Gasteiger partial charge on any atom is 0.391 e. The molecule has 2 aliphatic rings. The van der Waals surface area contributed by atoms with Crippen LogP contribution in [0.3, 0.4) is 0 Å². The van der Waals surface area contributed by atoms with Crippen LogP contribution >= 0.6 is 11.6 Å². The first-order valence-electron chi connectivity index (χ1n) is 6.50. The zero-order chi connectivity index (χ0) is 15.4. The first-order chi connectivity index (χ1) is 9.81. The Balaban J connectivity index is 1.90. The Morgan fingerprint density at radius 1 is 1.38 bits per heavy atom. The molecule has 0 radical (unpaired) electrons. The normalized spacial score (nSPS) is 31.0. The Labute approximate surface area is 123 Å². The van der Waals surface area contributed by atoms with E-state index >= 15 is 0 Å². The lowest BCUT2D eigenvalue weighted by Gasteiger charge is -2.31. The molecule has 1 heterocycles. The fourth-order valence-electron chi connectivity index (χ4n) is 3.20. The molecule has 1 aliphatic carbocycles. The average molecular weight is 319 g/mol. The van der Waals surface area contributed by atoms with Gasteiger partial charge in [0.2, 0.25) is 0 Å². The number of nitriles is 1. The Morgan fingerprint density at radius 3 is 2.67 bits per heavy atom. The highest BCUT2D eigenvalue weighted by Crippen LogP contribution is 2.53. The Bertz CT molecular complexity index is 610. The standard InChI is InChI=1S/C14H11ClF4N2/c15-11-4-8(2-1-7(11)6-20)21-9(5-14(17,18)19)3-10-12(16)13(10)21/h1-2,4,9-10,12-13H,3,5H2/t9-,10+,12?,13+/m1/s1. The fraction of sp³-hybridized carbons (Fsp3) is 0.500. The van der Waals surface area contributed by atoms with Gasteiger partial charge >= 0.3 is 6.18 Å². The van der Waals surface area contributed by atoms with Crippen LogP contribution in [-0.2, 0) is 0 Å². The molecule has 2 fully saturated rings. The summed E-state index contributed by atoms with van der Waals surface area (Å²) in [4.78, 5) is 1.48. The maximum absolute atomic E-state index is 13.6. The van der Waals surface area contributed by atoms with E-state index < -0.39 is 30.9 Å². The van der Waals surface area contributed by atoms with Crippen LogP contribution < -0.4 is 4.90 Å². The number of alkyl halides is 4. The van der Waals surface area contributed by atoms with Crippen molar-refractivity contribution in [1.29, 1.82) is 5.26 Å². The topological polar surface area (TPSA) is 27.0 Å². The number of fused-ring (bicyclic) bond motifs is 1. The summed E-state index contributed by atoms with van der Waals surface area (Å²) < 4.78 is 51.5. The zero-order valence-corrected chi connectivity index (χ0v) is 11.5. The predicted molar refractivity (Wildman–Crippen MR) is 69.9 cm³/mol. The lowest BCUT2D eigenvalue weighted by molar-refractivity contribution is -0.138. The van der Waals surface area contributed by atoms with Crippen LogP contribution in [-0.4, -0.2) is 24.4 Å². The summed E-state index contributed by atoms with van der Waals surface area (Å²) in [6.45, 7) is 0. The predicted octanol–water partition coefficient (Wildman–Crippen LogP) is 4.08. The molecule has 0 N–H and O–H groups in total. The number of hydrogen-bond donors (Lipinski definition) is 0. The number of anilines is 1. The first-order valence-corrected chi connectivity index (χ1v) is 6.88. The number of piperidine rings is 1. The van der Waals surface area contributed by atoms with Gasteiger partial charge in [-0.25, -0.2) is 4.39 Å². The van der Waals surface area contributed by atoms with Crippen LogP contribution in [0.25, 0.3) is 0 Å². The molecule has 21 heavy (non-hydrogen) atoms. The second-order valence-corrected chi connectivity index (χ2v) is 5.90. The van der Waals surface area contributed by atoms with E-state index in [-0.39, 0.29) is 22.9 Å². The molecular formula is C14H11ClF4N2. The van der Waals surface area contributed by atoms with E-state index in [0.717, 1.165) is 0 Å². The van der Waals surface area contributed by atoms with Crippen LogP contribution in [0.15, 0.2) is 18.2 Å². The fourth-order valence-corrected chi connectivity index (χ4v) is 3.42. The first kappa shape index (κ1) is 14.5. The van der Waals surface area contributed by atoms with Gasteiger partial charge in [0.25, 0.3) is 0 Å². The molecule has 1 aromatic carbocycles. The maximum atomic E-state index is 13.6. The van der Waals surface area contributed by atoms with Gasteiger partial charge in [0, 0.05) is 17.6 Å². The van der Waals surface area contributed by atoms with Gasteiger partial charge in [0.05, 0.1) is 23.0 Å². The second-order valence-electron chi connectivity index (χ2n) is 5.49. The van der Waals surface area contributed by atoms with Gasteiger partial charge in [-0.2, -0.15) is 18.4 Å². The highest BCUT2D eigenvalue weighted by Gasteiger charge is 2.63. The summed E-state index contributed by atoms with van der Waals surface area (Å²) >= 11 is 5.92. The molecule has 1 unspecified atom stereocenters. The van der Waals surface area contributed by atoms with Gasteiger partial charge in [-0.1, -0.05) is 11.6 Å². The molecule has 1 aliphatic heterocycles. The third-order valence-corrected chi connectivity index (χ3v) is 4.44. The van der Waals surface area contributed by atoms with Crippen LogP contribution in [0.2, 0.25) is 5.02 Å². The number of hydrogen-bond acceptors (Lipinski definition) is 2. The molecule has 0 amide bonds. The minimum Gasteiger partial charge on any atom is -0.362 e. The van der Waals surface area contributed by atoms with E-state index in [1.165, 1.54) is 23.1 Å². The number of rotatable bonds is 2. The lowest BCUT2D eigenvalue weighted by atomic mass is 10.1. The van der Waals surface area contributed by atoms with Crippen LogP contribution in [0, 0.1) is 17.2 Å². The lowest BCUT2D eigenvalue weighted by Crippen LogP contribution is -2.38. The van der Waals surface area contributed by atoms with Crippen molar-refractivity contribution in [3.63, 3.8) is 0 Å². The third-order valence-electron chi connectivity index (χ3n) is 4.13. The smallest absolute Gasteiger partial charge is 0.362 e. The number of halogens is 5. The van der Waals surface area contributed by atoms with Crippen LogP contribution in [0.1, 0.15) is 18.4 Å². The highest BCUT2D eigenvalue weighted by molar-refractivity contribution is 6.32. The molecule has 0 spiro atoms. The average Bonchev–Trinajstić information content (AvgIpc) is 2.83. The van der Waals surface area contributed by atoms with E-state index in [2.05, 4.69) is 0 Å². The van der Waals surface area contributed by atoms with E-state index in [1.807, 2.05) is 6.07 Å². The third kappa shape index (κ3) is 2.55. The van der Waals surface area contributed by atoms with Crippen molar-refractivity contribution >= 4 is 17.3 Å². The molecule has 3 rings (SSSR count). The summed E-state index contributed by atoms with van der Waals surface area (Å²) in [5.74, 6) is -0.327. The Hall–Kier alpha value is -1.48. The van der Waals surface area contributed by atoms with Gasteiger partial charge in [0.1, 0.15) is 12.2 Å². The molecule has 7 heteroatoms. The van der Waals surface area contributed by atoms with Crippen molar-refractivity contribution in [1.82, 2.24) is 0 Å². The van der Waals surface area contributed by atoms with Crippen molar-refractivity contribution in [2.75, 3.05) is 4.90 Å². The molecule has 4 atom stereocenters. The zero-order valence-electron chi connectivity index (χ0n) is 10.7. The highest BCUT2D eigenvalue weighted by atomic mass is 35.5. The van der Waals surface area contributed by atoms with E-state index in [4.69, 9.17) is 16.9 Å². The number of benzene rings is 1. The summed E-state index contributed by atoms with van der Waals surface area (Å²) in [5, 5.41) is 8.99. The molecular weight excluding hydrogens is 308 g/mol.